The lowest BCUT2D eigenvalue weighted by atomic mass is 9.83. The van der Waals surface area contributed by atoms with Gasteiger partial charge in [0.25, 0.3) is 0 Å². The van der Waals surface area contributed by atoms with Crippen LogP contribution in [0.2, 0.25) is 0 Å². The predicted octanol–water partition coefficient (Wildman–Crippen LogP) is 2.75. The molecular formula is C14H20N4O2. The van der Waals surface area contributed by atoms with Crippen LogP contribution in [0.1, 0.15) is 27.2 Å². The van der Waals surface area contributed by atoms with Gasteiger partial charge in [-0.1, -0.05) is 32.4 Å². The second-order valence-corrected chi connectivity index (χ2v) is 6.01. The first kappa shape index (κ1) is 14.3. The summed E-state index contributed by atoms with van der Waals surface area (Å²) in [4.78, 5) is 16.4. The van der Waals surface area contributed by atoms with Gasteiger partial charge in [-0.2, -0.15) is 0 Å². The SMILES string of the molecule is CC(C)(C)C1=CCN(c2ccc([N+](=O)[O-])c(N)n2)CC1. The predicted molar refractivity (Wildman–Crippen MR) is 79.7 cm³/mol. The number of hydrogen-bond donors (Lipinski definition) is 1. The van der Waals surface area contributed by atoms with Gasteiger partial charge in [0.1, 0.15) is 5.82 Å². The molecule has 0 spiro atoms. The quantitative estimate of drug-likeness (QED) is 0.510. The molecule has 0 saturated carbocycles. The van der Waals surface area contributed by atoms with Crippen molar-refractivity contribution in [3.63, 3.8) is 0 Å². The molecule has 0 aromatic carbocycles. The van der Waals surface area contributed by atoms with Gasteiger partial charge in [-0.3, -0.25) is 10.1 Å². The number of hydrogen-bond acceptors (Lipinski definition) is 5. The fourth-order valence-corrected chi connectivity index (χ4v) is 2.35. The number of anilines is 2. The normalized spacial score (nSPS) is 15.9. The van der Waals surface area contributed by atoms with E-state index in [2.05, 4.69) is 36.7 Å². The summed E-state index contributed by atoms with van der Waals surface area (Å²) in [6, 6.07) is 3.07. The number of aromatic nitrogens is 1. The molecule has 0 bridgehead atoms. The molecule has 2 rings (SSSR count). The molecule has 1 aromatic rings. The highest BCUT2D eigenvalue weighted by Crippen LogP contribution is 2.32. The van der Waals surface area contributed by atoms with Crippen molar-refractivity contribution < 1.29 is 4.92 Å². The number of nitro groups is 1. The Hall–Kier alpha value is -2.11. The van der Waals surface area contributed by atoms with Gasteiger partial charge in [0, 0.05) is 19.2 Å². The van der Waals surface area contributed by atoms with E-state index in [1.807, 2.05) is 0 Å². The van der Waals surface area contributed by atoms with E-state index in [1.54, 1.807) is 6.07 Å². The fraction of sp³-hybridized carbons (Fsp3) is 0.500. The molecule has 0 saturated heterocycles. The molecule has 1 aliphatic rings. The summed E-state index contributed by atoms with van der Waals surface area (Å²) >= 11 is 0. The molecule has 0 fully saturated rings. The smallest absolute Gasteiger partial charge is 0.311 e. The van der Waals surface area contributed by atoms with E-state index in [0.29, 0.717) is 5.82 Å². The molecule has 0 aliphatic carbocycles. The monoisotopic (exact) mass is 276 g/mol. The van der Waals surface area contributed by atoms with Gasteiger partial charge in [-0.25, -0.2) is 4.98 Å². The second kappa shape index (κ2) is 5.11. The van der Waals surface area contributed by atoms with Gasteiger partial charge < -0.3 is 10.6 Å². The van der Waals surface area contributed by atoms with Gasteiger partial charge in [-0.05, 0) is 17.9 Å². The maximum absolute atomic E-state index is 10.7. The third-order valence-corrected chi connectivity index (χ3v) is 3.58. The first-order chi connectivity index (χ1) is 9.29. The van der Waals surface area contributed by atoms with Crippen LogP contribution >= 0.6 is 0 Å². The molecule has 108 valence electrons. The highest BCUT2D eigenvalue weighted by Gasteiger charge is 2.23. The van der Waals surface area contributed by atoms with Crippen molar-refractivity contribution in [3.05, 3.63) is 33.9 Å². The van der Waals surface area contributed by atoms with Gasteiger partial charge in [0.2, 0.25) is 5.82 Å². The zero-order chi connectivity index (χ0) is 14.9. The minimum atomic E-state index is -0.514. The van der Waals surface area contributed by atoms with Crippen LogP contribution in [0, 0.1) is 15.5 Å². The summed E-state index contributed by atoms with van der Waals surface area (Å²) in [5, 5.41) is 10.7. The zero-order valence-electron chi connectivity index (χ0n) is 12.1. The largest absolute Gasteiger partial charge is 0.378 e. The highest BCUT2D eigenvalue weighted by molar-refractivity contribution is 5.58. The summed E-state index contributed by atoms with van der Waals surface area (Å²) in [5.74, 6) is 0.662. The third kappa shape index (κ3) is 2.89. The maximum Gasteiger partial charge on any atom is 0.311 e. The van der Waals surface area contributed by atoms with E-state index in [0.717, 1.165) is 19.5 Å². The Morgan fingerprint density at radius 3 is 2.55 bits per heavy atom. The lowest BCUT2D eigenvalue weighted by Crippen LogP contribution is -2.31. The summed E-state index contributed by atoms with van der Waals surface area (Å²) < 4.78 is 0. The molecule has 6 heteroatoms. The molecule has 20 heavy (non-hydrogen) atoms. The topological polar surface area (TPSA) is 85.3 Å². The van der Waals surface area contributed by atoms with E-state index in [4.69, 9.17) is 5.73 Å². The van der Waals surface area contributed by atoms with Crippen molar-refractivity contribution in [2.75, 3.05) is 23.7 Å². The van der Waals surface area contributed by atoms with Gasteiger partial charge in [0.15, 0.2) is 0 Å². The molecule has 0 radical (unpaired) electrons. The molecule has 6 nitrogen and oxygen atoms in total. The Morgan fingerprint density at radius 1 is 1.40 bits per heavy atom. The highest BCUT2D eigenvalue weighted by atomic mass is 16.6. The van der Waals surface area contributed by atoms with Crippen LogP contribution in [0.25, 0.3) is 0 Å². The van der Waals surface area contributed by atoms with Gasteiger partial charge in [0.05, 0.1) is 4.92 Å². The minimum Gasteiger partial charge on any atom is -0.378 e. The van der Waals surface area contributed by atoms with Crippen molar-refractivity contribution in [1.29, 1.82) is 0 Å². The minimum absolute atomic E-state index is 0.0295. The van der Waals surface area contributed by atoms with Crippen LogP contribution in [0.3, 0.4) is 0 Å². The van der Waals surface area contributed by atoms with Crippen molar-refractivity contribution in [2.45, 2.75) is 27.2 Å². The second-order valence-electron chi connectivity index (χ2n) is 6.01. The molecule has 2 N–H and O–H groups in total. The lowest BCUT2D eigenvalue weighted by molar-refractivity contribution is -0.384. The molecular weight excluding hydrogens is 256 g/mol. The fourth-order valence-electron chi connectivity index (χ4n) is 2.35. The van der Waals surface area contributed by atoms with E-state index < -0.39 is 4.92 Å². The summed E-state index contributed by atoms with van der Waals surface area (Å²) in [6.45, 7) is 8.23. The van der Waals surface area contributed by atoms with E-state index >= 15 is 0 Å². The molecule has 1 aromatic heterocycles. The Morgan fingerprint density at radius 2 is 2.10 bits per heavy atom. The summed E-state index contributed by atoms with van der Waals surface area (Å²) in [5.41, 5.74) is 7.11. The molecule has 0 unspecified atom stereocenters. The van der Waals surface area contributed by atoms with Crippen molar-refractivity contribution in [3.8, 4) is 0 Å². The Balaban J connectivity index is 2.17. The third-order valence-electron chi connectivity index (χ3n) is 3.58. The van der Waals surface area contributed by atoms with E-state index in [1.165, 1.54) is 11.6 Å². The standard InChI is InChI=1S/C14H20N4O2/c1-14(2,3)10-6-8-17(9-7-10)12-5-4-11(18(19)20)13(15)16-12/h4-6H,7-9H2,1-3H3,(H2,15,16). The van der Waals surface area contributed by atoms with E-state index in [-0.39, 0.29) is 16.9 Å². The van der Waals surface area contributed by atoms with Crippen molar-refractivity contribution in [2.24, 2.45) is 5.41 Å². The van der Waals surface area contributed by atoms with Crippen LogP contribution in [-0.4, -0.2) is 23.0 Å². The van der Waals surface area contributed by atoms with Crippen LogP contribution in [0.15, 0.2) is 23.8 Å². The van der Waals surface area contributed by atoms with Gasteiger partial charge >= 0.3 is 5.69 Å². The first-order valence-corrected chi connectivity index (χ1v) is 6.64. The van der Waals surface area contributed by atoms with Crippen molar-refractivity contribution in [1.82, 2.24) is 4.98 Å². The van der Waals surface area contributed by atoms with Crippen LogP contribution in [-0.2, 0) is 0 Å². The van der Waals surface area contributed by atoms with Crippen LogP contribution in [0.4, 0.5) is 17.3 Å². The number of nitrogens with zero attached hydrogens (tertiary/aromatic N) is 3. The Labute approximate surface area is 118 Å². The maximum atomic E-state index is 10.7. The van der Waals surface area contributed by atoms with Crippen LogP contribution < -0.4 is 10.6 Å². The van der Waals surface area contributed by atoms with Crippen LogP contribution in [0.5, 0.6) is 0 Å². The molecule has 0 atom stereocenters. The number of nitrogen functional groups attached to an aromatic ring is 1. The number of rotatable bonds is 2. The molecule has 2 heterocycles. The molecule has 0 amide bonds. The zero-order valence-corrected chi connectivity index (χ0v) is 12.1. The van der Waals surface area contributed by atoms with Gasteiger partial charge in [-0.15, -0.1) is 0 Å². The molecule has 1 aliphatic heterocycles. The summed E-state index contributed by atoms with van der Waals surface area (Å²) in [6.07, 6.45) is 3.19. The van der Waals surface area contributed by atoms with E-state index in [9.17, 15) is 10.1 Å². The Bertz CT molecular complexity index is 561. The number of nitrogens with two attached hydrogens (primary N) is 1. The summed E-state index contributed by atoms with van der Waals surface area (Å²) in [7, 11) is 0. The lowest BCUT2D eigenvalue weighted by Gasteiger charge is -2.32. The average molecular weight is 276 g/mol. The first-order valence-electron chi connectivity index (χ1n) is 6.64. The van der Waals surface area contributed by atoms with Crippen molar-refractivity contribution >= 4 is 17.3 Å². The Kier molecular flexibility index (Phi) is 3.65. The number of pyridine rings is 1. The average Bonchev–Trinajstić information content (AvgIpc) is 2.37.